The molecule has 2 aromatic carbocycles. The number of hydroxylamine groups is 2. The van der Waals surface area contributed by atoms with Crippen molar-refractivity contribution in [2.45, 2.75) is 40.2 Å². The van der Waals surface area contributed by atoms with E-state index in [9.17, 15) is 13.2 Å². The molecule has 0 heterocycles. The Kier molecular flexibility index (Phi) is 8.11. The van der Waals surface area contributed by atoms with Crippen molar-refractivity contribution in [3.8, 4) is 5.75 Å². The molecule has 0 spiro atoms. The highest BCUT2D eigenvalue weighted by Crippen LogP contribution is 2.26. The Balaban J connectivity index is 2.11. The lowest BCUT2D eigenvalue weighted by molar-refractivity contribution is -0.274. The van der Waals surface area contributed by atoms with Gasteiger partial charge in [0.25, 0.3) is 0 Å². The van der Waals surface area contributed by atoms with Crippen LogP contribution in [0.5, 0.6) is 5.75 Å². The number of ether oxygens (including phenoxy) is 1. The molecule has 0 unspecified atom stereocenters. The van der Waals surface area contributed by atoms with Gasteiger partial charge in [-0.05, 0) is 54.3 Å². The minimum atomic E-state index is -4.69. The predicted molar refractivity (Wildman–Crippen MR) is 112 cm³/mol. The van der Waals surface area contributed by atoms with Gasteiger partial charge in [-0.1, -0.05) is 25.1 Å². The van der Waals surface area contributed by atoms with Crippen molar-refractivity contribution in [1.29, 1.82) is 0 Å². The van der Waals surface area contributed by atoms with Crippen LogP contribution < -0.4 is 9.75 Å². The molecule has 2 rings (SSSR count). The summed E-state index contributed by atoms with van der Waals surface area (Å²) in [5.41, 5.74) is 5.39. The van der Waals surface area contributed by atoms with Gasteiger partial charge in [0.15, 0.2) is 0 Å². The summed E-state index contributed by atoms with van der Waals surface area (Å²) in [5, 5.41) is 6.03. The lowest BCUT2D eigenvalue weighted by atomic mass is 10.0. The van der Waals surface area contributed by atoms with E-state index in [1.165, 1.54) is 12.1 Å². The molecule has 0 radical (unpaired) electrons. The number of aryl methyl sites for hydroxylation is 2. The molecule has 0 aliphatic rings. The van der Waals surface area contributed by atoms with Gasteiger partial charge in [-0.2, -0.15) is 5.06 Å². The van der Waals surface area contributed by atoms with Crippen LogP contribution in [0.15, 0.2) is 36.4 Å². The summed E-state index contributed by atoms with van der Waals surface area (Å²) in [7, 11) is 5.67. The zero-order chi connectivity index (χ0) is 22.5. The Morgan fingerprint density at radius 2 is 1.57 bits per heavy atom. The molecule has 0 atom stereocenters. The first-order valence-corrected chi connectivity index (χ1v) is 9.72. The minimum absolute atomic E-state index is 0.238. The monoisotopic (exact) mass is 425 g/mol. The normalized spacial score (nSPS) is 12.0. The Morgan fingerprint density at radius 3 is 2.10 bits per heavy atom. The number of halogens is 3. The van der Waals surface area contributed by atoms with Gasteiger partial charge < -0.3 is 14.6 Å². The maximum absolute atomic E-state index is 12.3. The molecule has 0 aliphatic heterocycles. The van der Waals surface area contributed by atoms with E-state index in [0.29, 0.717) is 13.1 Å². The Bertz CT molecular complexity index is 826. The number of anilines is 1. The van der Waals surface area contributed by atoms with Crippen LogP contribution in [-0.2, 0) is 17.9 Å². The van der Waals surface area contributed by atoms with Gasteiger partial charge in [-0.15, -0.1) is 13.2 Å². The molecule has 8 heteroatoms. The fourth-order valence-electron chi connectivity index (χ4n) is 3.15. The first-order chi connectivity index (χ1) is 14.0. The van der Waals surface area contributed by atoms with E-state index in [2.05, 4.69) is 47.7 Å². The number of nitrogens with zero attached hydrogens (tertiary/aromatic N) is 3. The summed E-state index contributed by atoms with van der Waals surface area (Å²) in [6, 6.07) is 10.1. The quantitative estimate of drug-likeness (QED) is 0.523. The van der Waals surface area contributed by atoms with Crippen LogP contribution in [-0.4, -0.2) is 44.2 Å². The number of benzene rings is 2. The molecule has 0 amide bonds. The first-order valence-electron chi connectivity index (χ1n) is 9.72. The first kappa shape index (κ1) is 24.0. The molecule has 0 saturated carbocycles. The van der Waals surface area contributed by atoms with Crippen LogP contribution in [0.25, 0.3) is 0 Å². The van der Waals surface area contributed by atoms with E-state index in [4.69, 9.17) is 4.84 Å². The molecule has 0 fully saturated rings. The number of alkyl halides is 3. The third-order valence-electron chi connectivity index (χ3n) is 5.09. The minimum Gasteiger partial charge on any atom is -0.406 e. The summed E-state index contributed by atoms with van der Waals surface area (Å²) < 4.78 is 40.8. The zero-order valence-electron chi connectivity index (χ0n) is 18.4. The summed E-state index contributed by atoms with van der Waals surface area (Å²) in [6.45, 7) is 8.13. The lowest BCUT2D eigenvalue weighted by Crippen LogP contribution is -2.36. The molecule has 2 aromatic rings. The van der Waals surface area contributed by atoms with Crippen molar-refractivity contribution in [1.82, 2.24) is 10.1 Å². The highest BCUT2D eigenvalue weighted by molar-refractivity contribution is 5.55. The molecule has 0 bridgehead atoms. The van der Waals surface area contributed by atoms with Gasteiger partial charge in [0.2, 0.25) is 0 Å². The second-order valence-corrected chi connectivity index (χ2v) is 7.24. The molecule has 0 N–H and O–H groups in total. The zero-order valence-corrected chi connectivity index (χ0v) is 18.4. The summed E-state index contributed by atoms with van der Waals surface area (Å²) in [6.07, 6.45) is -4.69. The molecular formula is C22H30F3N3O2. The molecule has 0 saturated heterocycles. The van der Waals surface area contributed by atoms with E-state index in [0.717, 1.165) is 34.5 Å². The van der Waals surface area contributed by atoms with E-state index in [1.54, 1.807) is 24.3 Å². The maximum Gasteiger partial charge on any atom is 0.573 e. The molecule has 0 aliphatic carbocycles. The van der Waals surface area contributed by atoms with Gasteiger partial charge in [0, 0.05) is 33.7 Å². The van der Waals surface area contributed by atoms with E-state index in [1.807, 2.05) is 14.1 Å². The SMILES string of the molecule is CCN(C)N(C)c1cc(C)c(CN(Cc2ccc(OC(F)(F)F)cc2)OC)cc1C. The number of hydrogen-bond acceptors (Lipinski definition) is 5. The van der Waals surface area contributed by atoms with Crippen LogP contribution in [0.1, 0.15) is 29.2 Å². The Morgan fingerprint density at radius 1 is 0.933 bits per heavy atom. The van der Waals surface area contributed by atoms with E-state index >= 15 is 0 Å². The van der Waals surface area contributed by atoms with Crippen molar-refractivity contribution in [2.24, 2.45) is 0 Å². The number of rotatable bonds is 9. The number of hydrogen-bond donors (Lipinski definition) is 0. The average molecular weight is 425 g/mol. The van der Waals surface area contributed by atoms with Gasteiger partial charge in [-0.3, -0.25) is 0 Å². The second kappa shape index (κ2) is 10.1. The summed E-state index contributed by atoms with van der Waals surface area (Å²) in [5.74, 6) is -0.238. The van der Waals surface area contributed by atoms with Gasteiger partial charge in [0.05, 0.1) is 12.8 Å². The summed E-state index contributed by atoms with van der Waals surface area (Å²) in [4.78, 5) is 5.50. The average Bonchev–Trinajstić information content (AvgIpc) is 2.68. The van der Waals surface area contributed by atoms with Crippen LogP contribution >= 0.6 is 0 Å². The van der Waals surface area contributed by atoms with Crippen molar-refractivity contribution < 1.29 is 22.7 Å². The third-order valence-corrected chi connectivity index (χ3v) is 5.09. The van der Waals surface area contributed by atoms with E-state index < -0.39 is 6.36 Å². The maximum atomic E-state index is 12.3. The Labute approximate surface area is 176 Å². The smallest absolute Gasteiger partial charge is 0.406 e. The standard InChI is InChI=1S/C22H30F3N3O2/c1-7-26(4)27(5)21-13-16(2)19(12-17(21)3)15-28(29-6)14-18-8-10-20(11-9-18)30-22(23,24)25/h8-13H,7,14-15H2,1-6H3. The topological polar surface area (TPSA) is 28.2 Å². The highest BCUT2D eigenvalue weighted by atomic mass is 19.4. The fraction of sp³-hybridized carbons (Fsp3) is 0.455. The lowest BCUT2D eigenvalue weighted by Gasteiger charge is -2.31. The summed E-state index contributed by atoms with van der Waals surface area (Å²) >= 11 is 0. The molecular weight excluding hydrogens is 395 g/mol. The molecule has 30 heavy (non-hydrogen) atoms. The van der Waals surface area contributed by atoms with Crippen LogP contribution in [0.4, 0.5) is 18.9 Å². The molecule has 5 nitrogen and oxygen atoms in total. The fourth-order valence-corrected chi connectivity index (χ4v) is 3.15. The van der Waals surface area contributed by atoms with Crippen LogP contribution in [0, 0.1) is 13.8 Å². The van der Waals surface area contributed by atoms with Crippen molar-refractivity contribution in [2.75, 3.05) is 32.8 Å². The van der Waals surface area contributed by atoms with Gasteiger partial charge in [0.1, 0.15) is 5.75 Å². The van der Waals surface area contributed by atoms with Crippen molar-refractivity contribution in [3.05, 3.63) is 58.7 Å². The number of hydrazine groups is 1. The van der Waals surface area contributed by atoms with Crippen LogP contribution in [0.3, 0.4) is 0 Å². The molecule has 166 valence electrons. The van der Waals surface area contributed by atoms with E-state index in [-0.39, 0.29) is 5.75 Å². The van der Waals surface area contributed by atoms with Crippen molar-refractivity contribution in [3.63, 3.8) is 0 Å². The third kappa shape index (κ3) is 6.62. The van der Waals surface area contributed by atoms with Crippen LogP contribution in [0.2, 0.25) is 0 Å². The second-order valence-electron chi connectivity index (χ2n) is 7.24. The predicted octanol–water partition coefficient (Wildman–Crippen LogP) is 5.07. The highest BCUT2D eigenvalue weighted by Gasteiger charge is 2.31. The van der Waals surface area contributed by atoms with Gasteiger partial charge >= 0.3 is 6.36 Å². The molecule has 0 aromatic heterocycles. The largest absolute Gasteiger partial charge is 0.573 e. The van der Waals surface area contributed by atoms with Crippen molar-refractivity contribution >= 4 is 5.69 Å². The Hall–Kier alpha value is -2.29. The van der Waals surface area contributed by atoms with Gasteiger partial charge in [-0.25, -0.2) is 5.01 Å².